The van der Waals surface area contributed by atoms with Crippen molar-refractivity contribution in [2.24, 2.45) is 5.92 Å². The minimum atomic E-state index is -0.487. The Hall–Kier alpha value is -2.54. The molecule has 2 N–H and O–H groups in total. The van der Waals surface area contributed by atoms with E-state index in [2.05, 4.69) is 22.1 Å². The van der Waals surface area contributed by atoms with E-state index >= 15 is 0 Å². The third-order valence-electron chi connectivity index (χ3n) is 5.07. The van der Waals surface area contributed by atoms with Crippen LogP contribution in [-0.2, 0) is 9.53 Å². The summed E-state index contributed by atoms with van der Waals surface area (Å²) >= 11 is 0. The second-order valence-corrected chi connectivity index (χ2v) is 7.24. The summed E-state index contributed by atoms with van der Waals surface area (Å²) in [6.45, 7) is 8.85. The lowest BCUT2D eigenvalue weighted by Crippen LogP contribution is -2.38. The Kier molecular flexibility index (Phi) is 6.57. The minimum absolute atomic E-state index is 0.136. The SMILES string of the molecule is CCOC(=O)c1[nH]c2ccc(OCC)cc2c1NC(=O)CN1CCC(C)CC1. The normalized spacial score (nSPS) is 15.5. The molecule has 0 unspecified atom stereocenters. The molecule has 2 aromatic rings. The number of benzene rings is 1. The van der Waals surface area contributed by atoms with Crippen LogP contribution in [0.2, 0.25) is 0 Å². The van der Waals surface area contributed by atoms with Crippen LogP contribution in [0.5, 0.6) is 5.75 Å². The number of amides is 1. The van der Waals surface area contributed by atoms with Crippen molar-refractivity contribution in [2.75, 3.05) is 38.2 Å². The van der Waals surface area contributed by atoms with Crippen LogP contribution in [0.3, 0.4) is 0 Å². The van der Waals surface area contributed by atoms with Gasteiger partial charge in [-0.15, -0.1) is 0 Å². The fourth-order valence-corrected chi connectivity index (χ4v) is 3.52. The van der Waals surface area contributed by atoms with Crippen LogP contribution in [0.15, 0.2) is 18.2 Å². The Balaban J connectivity index is 1.85. The van der Waals surface area contributed by atoms with Gasteiger partial charge in [0.1, 0.15) is 11.4 Å². The fraction of sp³-hybridized carbons (Fsp3) is 0.524. The highest BCUT2D eigenvalue weighted by atomic mass is 16.5. The summed E-state index contributed by atoms with van der Waals surface area (Å²) in [5.41, 5.74) is 1.45. The first-order valence-corrected chi connectivity index (χ1v) is 9.99. The lowest BCUT2D eigenvalue weighted by molar-refractivity contribution is -0.117. The molecule has 0 atom stereocenters. The second-order valence-electron chi connectivity index (χ2n) is 7.24. The zero-order chi connectivity index (χ0) is 20.1. The number of H-pyrrole nitrogens is 1. The van der Waals surface area contributed by atoms with E-state index < -0.39 is 5.97 Å². The summed E-state index contributed by atoms with van der Waals surface area (Å²) < 4.78 is 10.7. The van der Waals surface area contributed by atoms with Crippen molar-refractivity contribution in [1.29, 1.82) is 0 Å². The zero-order valence-corrected chi connectivity index (χ0v) is 16.8. The Morgan fingerprint density at radius 2 is 1.96 bits per heavy atom. The van der Waals surface area contributed by atoms with Gasteiger partial charge >= 0.3 is 5.97 Å². The van der Waals surface area contributed by atoms with E-state index in [1.54, 1.807) is 6.92 Å². The van der Waals surface area contributed by atoms with Crippen LogP contribution in [0, 0.1) is 5.92 Å². The summed E-state index contributed by atoms with van der Waals surface area (Å²) in [5, 5.41) is 3.66. The predicted octanol–water partition coefficient (Wildman–Crippen LogP) is 3.41. The number of hydrogen-bond acceptors (Lipinski definition) is 5. The van der Waals surface area contributed by atoms with Crippen LogP contribution in [0.1, 0.15) is 44.1 Å². The van der Waals surface area contributed by atoms with Crippen LogP contribution in [0.25, 0.3) is 10.9 Å². The Bertz CT molecular complexity index is 838. The average Bonchev–Trinajstić information content (AvgIpc) is 3.02. The number of esters is 1. The van der Waals surface area contributed by atoms with E-state index in [0.717, 1.165) is 36.8 Å². The van der Waals surface area contributed by atoms with Crippen molar-refractivity contribution in [3.05, 3.63) is 23.9 Å². The first-order chi connectivity index (χ1) is 13.5. The number of nitrogens with one attached hydrogen (secondary N) is 2. The third kappa shape index (κ3) is 4.65. The number of rotatable bonds is 7. The molecular weight excluding hydrogens is 358 g/mol. The van der Waals surface area contributed by atoms with Gasteiger partial charge in [-0.25, -0.2) is 4.79 Å². The lowest BCUT2D eigenvalue weighted by Gasteiger charge is -2.29. The maximum Gasteiger partial charge on any atom is 0.356 e. The molecule has 0 aliphatic carbocycles. The molecular formula is C21H29N3O4. The molecule has 0 radical (unpaired) electrons. The van der Waals surface area contributed by atoms with Crippen LogP contribution in [0.4, 0.5) is 5.69 Å². The molecule has 1 saturated heterocycles. The highest BCUT2D eigenvalue weighted by Crippen LogP contribution is 2.31. The summed E-state index contributed by atoms with van der Waals surface area (Å²) in [4.78, 5) is 30.3. The number of hydrogen-bond donors (Lipinski definition) is 2. The largest absolute Gasteiger partial charge is 0.494 e. The maximum absolute atomic E-state index is 12.7. The number of piperidine rings is 1. The first-order valence-electron chi connectivity index (χ1n) is 9.99. The van der Waals surface area contributed by atoms with E-state index in [4.69, 9.17) is 9.47 Å². The Morgan fingerprint density at radius 1 is 1.21 bits per heavy atom. The molecule has 1 aliphatic rings. The van der Waals surface area contributed by atoms with E-state index in [-0.39, 0.29) is 18.2 Å². The van der Waals surface area contributed by atoms with Gasteiger partial charge < -0.3 is 19.8 Å². The highest BCUT2D eigenvalue weighted by molar-refractivity contribution is 6.11. The smallest absolute Gasteiger partial charge is 0.356 e. The third-order valence-corrected chi connectivity index (χ3v) is 5.07. The lowest BCUT2D eigenvalue weighted by atomic mass is 9.99. The maximum atomic E-state index is 12.7. The second kappa shape index (κ2) is 9.10. The van der Waals surface area contributed by atoms with Gasteiger partial charge in [-0.2, -0.15) is 0 Å². The van der Waals surface area contributed by atoms with E-state index in [0.29, 0.717) is 30.5 Å². The Morgan fingerprint density at radius 3 is 2.64 bits per heavy atom. The summed E-state index contributed by atoms with van der Waals surface area (Å²) in [6.07, 6.45) is 2.21. The summed E-state index contributed by atoms with van der Waals surface area (Å²) in [6, 6.07) is 5.50. The molecule has 2 heterocycles. The molecule has 0 bridgehead atoms. The van der Waals surface area contributed by atoms with Crippen molar-refractivity contribution in [3.8, 4) is 5.75 Å². The van der Waals surface area contributed by atoms with Crippen LogP contribution in [-0.4, -0.2) is 54.6 Å². The number of ether oxygens (including phenoxy) is 2. The van der Waals surface area contributed by atoms with Gasteiger partial charge in [-0.05, 0) is 63.9 Å². The quantitative estimate of drug-likeness (QED) is 0.712. The van der Waals surface area contributed by atoms with Gasteiger partial charge in [0.2, 0.25) is 5.91 Å². The molecule has 1 aliphatic heterocycles. The van der Waals surface area contributed by atoms with Gasteiger partial charge in [0, 0.05) is 10.9 Å². The standard InChI is InChI=1S/C21H29N3O4/c1-4-27-15-6-7-17-16(12-15)19(20(22-17)21(26)28-5-2)23-18(25)13-24-10-8-14(3)9-11-24/h6-7,12,14,22H,4-5,8-11,13H2,1-3H3,(H,23,25). The molecule has 7 heteroatoms. The average molecular weight is 387 g/mol. The van der Waals surface area contributed by atoms with Gasteiger partial charge in [0.05, 0.1) is 25.4 Å². The first kappa shape index (κ1) is 20.2. The fourth-order valence-electron chi connectivity index (χ4n) is 3.52. The molecule has 0 saturated carbocycles. The predicted molar refractivity (Wildman–Crippen MR) is 109 cm³/mol. The molecule has 1 aromatic carbocycles. The topological polar surface area (TPSA) is 83.7 Å². The molecule has 28 heavy (non-hydrogen) atoms. The van der Waals surface area contributed by atoms with Gasteiger partial charge in [-0.3, -0.25) is 9.69 Å². The molecule has 1 aromatic heterocycles. The Labute approximate surface area is 165 Å². The summed E-state index contributed by atoms with van der Waals surface area (Å²) in [7, 11) is 0. The zero-order valence-electron chi connectivity index (χ0n) is 16.8. The van der Waals surface area contributed by atoms with E-state index in [1.165, 1.54) is 0 Å². The molecule has 7 nitrogen and oxygen atoms in total. The van der Waals surface area contributed by atoms with Gasteiger partial charge in [-0.1, -0.05) is 6.92 Å². The number of fused-ring (bicyclic) bond motifs is 1. The number of likely N-dealkylation sites (tertiary alicyclic amines) is 1. The molecule has 152 valence electrons. The highest BCUT2D eigenvalue weighted by Gasteiger charge is 2.23. The van der Waals surface area contributed by atoms with E-state index in [9.17, 15) is 9.59 Å². The number of aromatic amines is 1. The number of aromatic nitrogens is 1. The number of anilines is 1. The minimum Gasteiger partial charge on any atom is -0.494 e. The summed E-state index contributed by atoms with van der Waals surface area (Å²) in [5.74, 6) is 0.770. The van der Waals surface area contributed by atoms with Crippen LogP contribution >= 0.6 is 0 Å². The number of nitrogens with zero attached hydrogens (tertiary/aromatic N) is 1. The van der Waals surface area contributed by atoms with Gasteiger partial charge in [0.15, 0.2) is 0 Å². The van der Waals surface area contributed by atoms with Crippen molar-refractivity contribution in [1.82, 2.24) is 9.88 Å². The van der Waals surface area contributed by atoms with Crippen molar-refractivity contribution in [2.45, 2.75) is 33.6 Å². The number of carbonyl (C=O) groups excluding carboxylic acids is 2. The number of carbonyl (C=O) groups is 2. The van der Waals surface area contributed by atoms with Gasteiger partial charge in [0.25, 0.3) is 0 Å². The van der Waals surface area contributed by atoms with Crippen molar-refractivity contribution < 1.29 is 19.1 Å². The van der Waals surface area contributed by atoms with Crippen molar-refractivity contribution in [3.63, 3.8) is 0 Å². The monoisotopic (exact) mass is 387 g/mol. The molecule has 1 amide bonds. The molecule has 3 rings (SSSR count). The van der Waals surface area contributed by atoms with Crippen LogP contribution < -0.4 is 10.1 Å². The van der Waals surface area contributed by atoms with E-state index in [1.807, 2.05) is 25.1 Å². The molecule has 0 spiro atoms. The van der Waals surface area contributed by atoms with Crippen molar-refractivity contribution >= 4 is 28.5 Å². The molecule has 1 fully saturated rings.